The molecule has 2 N–H and O–H groups in total. The SMILES string of the molecule is CCOC(=O)[C@](NC(=O)OC(C)(C)C)(c1c[nH]c2c(C)cccc12)C(F)(F)F. The number of hydrogen-bond acceptors (Lipinski definition) is 4. The molecule has 1 amide bonds. The van der Waals surface area contributed by atoms with Gasteiger partial charge in [0.1, 0.15) is 5.60 Å². The number of amides is 1. The Morgan fingerprint density at radius 1 is 1.18 bits per heavy atom. The number of ether oxygens (including phenoxy) is 2. The van der Waals surface area contributed by atoms with Crippen LogP contribution in [-0.2, 0) is 19.8 Å². The molecule has 0 spiro atoms. The van der Waals surface area contributed by atoms with Gasteiger partial charge in [-0.1, -0.05) is 18.2 Å². The number of benzene rings is 1. The number of aryl methyl sites for hydroxylation is 1. The Balaban J connectivity index is 2.74. The van der Waals surface area contributed by atoms with Gasteiger partial charge in [-0.15, -0.1) is 0 Å². The zero-order valence-electron chi connectivity index (χ0n) is 16.3. The van der Waals surface area contributed by atoms with Gasteiger partial charge in [0.25, 0.3) is 5.54 Å². The summed E-state index contributed by atoms with van der Waals surface area (Å²) in [5.74, 6) is -1.64. The van der Waals surface area contributed by atoms with Crippen molar-refractivity contribution >= 4 is 23.0 Å². The normalized spacial score (nSPS) is 14.4. The van der Waals surface area contributed by atoms with E-state index in [2.05, 4.69) is 4.98 Å². The number of aromatic amines is 1. The highest BCUT2D eigenvalue weighted by Gasteiger charge is 2.65. The molecule has 1 heterocycles. The van der Waals surface area contributed by atoms with Crippen LogP contribution in [0.5, 0.6) is 0 Å². The summed E-state index contributed by atoms with van der Waals surface area (Å²) in [7, 11) is 0. The van der Waals surface area contributed by atoms with Gasteiger partial charge < -0.3 is 14.5 Å². The third-order valence-electron chi connectivity index (χ3n) is 4.02. The van der Waals surface area contributed by atoms with Gasteiger partial charge in [-0.25, -0.2) is 9.59 Å². The second-order valence-corrected chi connectivity index (χ2v) is 7.29. The van der Waals surface area contributed by atoms with Crippen LogP contribution in [0.3, 0.4) is 0 Å². The van der Waals surface area contributed by atoms with Crippen molar-refractivity contribution in [3.63, 3.8) is 0 Å². The van der Waals surface area contributed by atoms with Crippen LogP contribution in [-0.4, -0.2) is 35.4 Å². The van der Waals surface area contributed by atoms with Gasteiger partial charge in [0, 0.05) is 22.7 Å². The lowest BCUT2D eigenvalue weighted by molar-refractivity contribution is -0.215. The van der Waals surface area contributed by atoms with E-state index in [1.807, 2.05) is 0 Å². The summed E-state index contributed by atoms with van der Waals surface area (Å²) >= 11 is 0. The molecule has 1 atom stereocenters. The Hall–Kier alpha value is -2.71. The molecule has 0 saturated carbocycles. The fourth-order valence-electron chi connectivity index (χ4n) is 2.88. The molecule has 0 unspecified atom stereocenters. The number of alkyl halides is 3. The van der Waals surface area contributed by atoms with Gasteiger partial charge in [0.2, 0.25) is 0 Å². The third kappa shape index (κ3) is 3.93. The first-order valence-corrected chi connectivity index (χ1v) is 8.65. The van der Waals surface area contributed by atoms with Gasteiger partial charge in [-0.2, -0.15) is 13.2 Å². The number of rotatable bonds is 4. The molecule has 154 valence electrons. The van der Waals surface area contributed by atoms with E-state index in [1.54, 1.807) is 24.4 Å². The number of carbonyl (C=O) groups excluding carboxylic acids is 2. The summed E-state index contributed by atoms with van der Waals surface area (Å²) < 4.78 is 52.8. The number of fused-ring (bicyclic) bond motifs is 1. The quantitative estimate of drug-likeness (QED) is 0.749. The number of carbonyl (C=O) groups is 2. The number of alkyl carbamates (subject to hydrolysis) is 1. The lowest BCUT2D eigenvalue weighted by Gasteiger charge is -2.34. The van der Waals surface area contributed by atoms with Crippen LogP contribution in [0, 0.1) is 6.92 Å². The van der Waals surface area contributed by atoms with Gasteiger partial charge in [-0.3, -0.25) is 5.32 Å². The molecule has 0 aliphatic heterocycles. The molecule has 0 saturated heterocycles. The van der Waals surface area contributed by atoms with Crippen LogP contribution in [0.25, 0.3) is 10.9 Å². The average molecular weight is 400 g/mol. The lowest BCUT2D eigenvalue weighted by atomic mass is 9.88. The van der Waals surface area contributed by atoms with Crippen molar-refractivity contribution in [1.29, 1.82) is 0 Å². The second kappa shape index (κ2) is 7.37. The molecule has 2 rings (SSSR count). The van der Waals surface area contributed by atoms with Gasteiger partial charge in [0.05, 0.1) is 6.61 Å². The van der Waals surface area contributed by atoms with E-state index in [0.29, 0.717) is 11.1 Å². The summed E-state index contributed by atoms with van der Waals surface area (Å²) in [5.41, 5.74) is -3.87. The fraction of sp³-hybridized carbons (Fsp3) is 0.474. The maximum absolute atomic E-state index is 14.3. The summed E-state index contributed by atoms with van der Waals surface area (Å²) in [6.07, 6.45) is -5.53. The maximum Gasteiger partial charge on any atom is 0.427 e. The minimum atomic E-state index is -5.20. The van der Waals surface area contributed by atoms with Crippen LogP contribution >= 0.6 is 0 Å². The summed E-state index contributed by atoms with van der Waals surface area (Å²) in [4.78, 5) is 27.6. The second-order valence-electron chi connectivity index (χ2n) is 7.29. The molecule has 1 aromatic carbocycles. The first-order chi connectivity index (χ1) is 12.8. The molecule has 0 aliphatic carbocycles. The fourth-order valence-corrected chi connectivity index (χ4v) is 2.88. The summed E-state index contributed by atoms with van der Waals surface area (Å²) in [6.45, 7) is 7.30. The smallest absolute Gasteiger partial charge is 0.427 e. The molecule has 0 aliphatic rings. The van der Waals surface area contributed by atoms with Crippen molar-refractivity contribution in [2.75, 3.05) is 6.61 Å². The van der Waals surface area contributed by atoms with Crippen molar-refractivity contribution in [2.24, 2.45) is 0 Å². The van der Waals surface area contributed by atoms with E-state index in [9.17, 15) is 22.8 Å². The number of hydrogen-bond donors (Lipinski definition) is 2. The number of halogens is 3. The predicted molar refractivity (Wildman–Crippen MR) is 96.8 cm³/mol. The topological polar surface area (TPSA) is 80.4 Å². The molecule has 0 fully saturated rings. The highest BCUT2D eigenvalue weighted by molar-refractivity contribution is 5.96. The van der Waals surface area contributed by atoms with E-state index in [1.165, 1.54) is 33.8 Å². The molecule has 6 nitrogen and oxygen atoms in total. The zero-order valence-corrected chi connectivity index (χ0v) is 16.3. The molecule has 0 radical (unpaired) electrons. The van der Waals surface area contributed by atoms with Crippen molar-refractivity contribution in [1.82, 2.24) is 10.3 Å². The van der Waals surface area contributed by atoms with Gasteiger partial charge >= 0.3 is 18.2 Å². The van der Waals surface area contributed by atoms with Crippen LogP contribution in [0.1, 0.15) is 38.8 Å². The van der Waals surface area contributed by atoms with Crippen LogP contribution in [0.2, 0.25) is 0 Å². The maximum atomic E-state index is 14.3. The van der Waals surface area contributed by atoms with Crippen LogP contribution in [0.15, 0.2) is 24.4 Å². The van der Waals surface area contributed by atoms with E-state index >= 15 is 0 Å². The molecular formula is C19H23F3N2O4. The molecule has 9 heteroatoms. The van der Waals surface area contributed by atoms with Gasteiger partial charge in [0.15, 0.2) is 0 Å². The minimum Gasteiger partial charge on any atom is -0.464 e. The Morgan fingerprint density at radius 2 is 1.82 bits per heavy atom. The minimum absolute atomic E-state index is 0.140. The van der Waals surface area contributed by atoms with Gasteiger partial charge in [-0.05, 0) is 40.2 Å². The molecular weight excluding hydrogens is 377 g/mol. The molecule has 0 bridgehead atoms. The van der Waals surface area contributed by atoms with Crippen molar-refractivity contribution in [2.45, 2.75) is 51.9 Å². The number of para-hydroxylation sites is 1. The first kappa shape index (κ1) is 21.6. The Kier molecular flexibility index (Phi) is 5.68. The number of aromatic nitrogens is 1. The summed E-state index contributed by atoms with van der Waals surface area (Å²) in [6, 6.07) is 4.71. The number of esters is 1. The van der Waals surface area contributed by atoms with Crippen LogP contribution < -0.4 is 5.32 Å². The summed E-state index contributed by atoms with van der Waals surface area (Å²) in [5, 5.41) is 1.89. The first-order valence-electron chi connectivity index (χ1n) is 8.65. The van der Waals surface area contributed by atoms with Crippen molar-refractivity contribution in [3.8, 4) is 0 Å². The lowest BCUT2D eigenvalue weighted by Crippen LogP contribution is -2.62. The van der Waals surface area contributed by atoms with E-state index in [-0.39, 0.29) is 12.0 Å². The van der Waals surface area contributed by atoms with Crippen LogP contribution in [0.4, 0.5) is 18.0 Å². The van der Waals surface area contributed by atoms with Crippen molar-refractivity contribution < 1.29 is 32.2 Å². The highest BCUT2D eigenvalue weighted by atomic mass is 19.4. The monoisotopic (exact) mass is 400 g/mol. The van der Waals surface area contributed by atoms with E-state index < -0.39 is 34.9 Å². The largest absolute Gasteiger partial charge is 0.464 e. The molecule has 1 aromatic heterocycles. The van der Waals surface area contributed by atoms with Crippen molar-refractivity contribution in [3.05, 3.63) is 35.5 Å². The van der Waals surface area contributed by atoms with E-state index in [0.717, 1.165) is 6.20 Å². The predicted octanol–water partition coefficient (Wildman–Crippen LogP) is 4.32. The highest BCUT2D eigenvalue weighted by Crippen LogP contribution is 2.43. The Bertz CT molecular complexity index is 883. The average Bonchev–Trinajstić information content (AvgIpc) is 2.95. The molecule has 28 heavy (non-hydrogen) atoms. The third-order valence-corrected chi connectivity index (χ3v) is 4.02. The number of H-pyrrole nitrogens is 1. The zero-order chi connectivity index (χ0) is 21.3. The molecule has 2 aromatic rings. The van der Waals surface area contributed by atoms with E-state index in [4.69, 9.17) is 9.47 Å². The Labute approximate surface area is 160 Å². The Morgan fingerprint density at radius 3 is 2.36 bits per heavy atom. The standard InChI is InChI=1S/C19H23F3N2O4/c1-6-27-15(25)18(19(20,21)22,24-16(26)28-17(3,4)5)13-10-23-14-11(2)8-7-9-12(13)14/h7-10,23H,6H2,1-5H3,(H,24,26)/t18-/m1/s1. The number of nitrogens with one attached hydrogen (secondary N) is 2.